The Labute approximate surface area is 343 Å². The minimum atomic E-state index is -1.58. The maximum absolute atomic E-state index is 14.1. The second-order valence-electron chi connectivity index (χ2n) is 13.6. The summed E-state index contributed by atoms with van der Waals surface area (Å²) in [5.74, 6) is -9.89. The molecule has 16 N–H and O–H groups in total. The van der Waals surface area contributed by atoms with E-state index in [1.54, 1.807) is 30.3 Å². The summed E-state index contributed by atoms with van der Waals surface area (Å²) >= 11 is 0. The van der Waals surface area contributed by atoms with E-state index in [2.05, 4.69) is 46.9 Å². The van der Waals surface area contributed by atoms with Crippen molar-refractivity contribution in [3.05, 3.63) is 54.1 Å². The summed E-state index contributed by atoms with van der Waals surface area (Å²) < 4.78 is 0. The summed E-state index contributed by atoms with van der Waals surface area (Å²) in [6, 6.07) is -1.71. The Balaban J connectivity index is 2.42. The Morgan fingerprint density at radius 1 is 0.683 bits per heavy atom. The number of aliphatic carboxylic acids is 3. The highest BCUT2D eigenvalue weighted by Crippen LogP contribution is 2.09. The van der Waals surface area contributed by atoms with Crippen LogP contribution < -0.4 is 49.1 Å². The van der Waals surface area contributed by atoms with Crippen molar-refractivity contribution in [1.29, 1.82) is 0 Å². The average Bonchev–Trinajstić information content (AvgIpc) is 3.69. The van der Waals surface area contributed by atoms with Crippen LogP contribution in [0.15, 0.2) is 47.8 Å². The molecule has 1 aromatic heterocycles. The van der Waals surface area contributed by atoms with E-state index in [4.69, 9.17) is 22.3 Å². The smallest absolute Gasteiger partial charge is 0.325 e. The van der Waals surface area contributed by atoms with Gasteiger partial charge in [-0.15, -0.1) is 0 Å². The molecule has 0 aliphatic heterocycles. The topological polar surface area (TPSA) is 406 Å². The Morgan fingerprint density at radius 2 is 1.22 bits per heavy atom. The number of aromatic amines is 1. The largest absolute Gasteiger partial charge is 0.481 e. The van der Waals surface area contributed by atoms with Gasteiger partial charge in [0.05, 0.1) is 18.8 Å². The number of amides is 6. The Bertz CT molecular complexity index is 1840. The zero-order valence-electron chi connectivity index (χ0n) is 32.9. The van der Waals surface area contributed by atoms with Crippen molar-refractivity contribution in [2.75, 3.05) is 6.54 Å². The molecular weight excluding hydrogens is 792 g/mol. The van der Waals surface area contributed by atoms with Gasteiger partial charge in [0.2, 0.25) is 35.4 Å². The van der Waals surface area contributed by atoms with Gasteiger partial charge in [-0.2, -0.15) is 0 Å². The number of nitrogens with two attached hydrogens (primary N) is 3. The number of H-pyrrole nitrogens is 1. The number of nitrogens with one attached hydrogen (secondary N) is 7. The Hall–Kier alpha value is -7.11. The SMILES string of the molecule is C[C@H](NC(=O)[C@H](Cc1cnc[nH]1)NC(=O)[C@H](CCCN=C(N)N)NC(=O)[C@H](Cc1ccccc1)NC(=O)[C@H](CCC(=O)O)NC(=O)[C@H](C)NC(=O)[C@@H](N)CC(=O)O)C(=O)O. The number of carbonyl (C=O) groups is 9. The zero-order valence-corrected chi connectivity index (χ0v) is 32.9. The molecule has 0 bridgehead atoms. The lowest BCUT2D eigenvalue weighted by Gasteiger charge is -2.27. The summed E-state index contributed by atoms with van der Waals surface area (Å²) in [7, 11) is 0. The van der Waals surface area contributed by atoms with E-state index in [1.807, 2.05) is 0 Å². The number of imidazole rings is 1. The van der Waals surface area contributed by atoms with Gasteiger partial charge in [0, 0.05) is 37.7 Å². The van der Waals surface area contributed by atoms with Crippen LogP contribution in [0.1, 0.15) is 57.2 Å². The van der Waals surface area contributed by atoms with Gasteiger partial charge in [-0.1, -0.05) is 30.3 Å². The molecule has 1 heterocycles. The summed E-state index contributed by atoms with van der Waals surface area (Å²) in [5.41, 5.74) is 17.4. The normalized spacial score (nSPS) is 14.2. The fraction of sp³-hybridized carbons (Fsp3) is 0.472. The number of hydrogen-bond donors (Lipinski definition) is 13. The summed E-state index contributed by atoms with van der Waals surface area (Å²) in [4.78, 5) is 125. The van der Waals surface area contributed by atoms with Crippen molar-refractivity contribution >= 4 is 59.3 Å². The van der Waals surface area contributed by atoms with Crippen molar-refractivity contribution < 1.29 is 58.5 Å². The number of nitrogens with zero attached hydrogens (tertiary/aromatic N) is 2. The van der Waals surface area contributed by atoms with E-state index >= 15 is 0 Å². The molecule has 0 aliphatic rings. The van der Waals surface area contributed by atoms with Crippen molar-refractivity contribution in [1.82, 2.24) is 41.9 Å². The molecule has 0 saturated carbocycles. The van der Waals surface area contributed by atoms with Gasteiger partial charge in [0.1, 0.15) is 36.3 Å². The zero-order chi connectivity index (χ0) is 44.9. The third-order valence-corrected chi connectivity index (χ3v) is 8.60. The fourth-order valence-electron chi connectivity index (χ4n) is 5.35. The molecule has 7 atom stereocenters. The predicted octanol–water partition coefficient (Wildman–Crippen LogP) is -4.05. The third kappa shape index (κ3) is 18.0. The summed E-state index contributed by atoms with van der Waals surface area (Å²) in [6.07, 6.45) is 0.575. The molecule has 2 rings (SSSR count). The van der Waals surface area contributed by atoms with E-state index in [0.29, 0.717) is 11.3 Å². The first kappa shape index (κ1) is 49.0. The van der Waals surface area contributed by atoms with E-state index in [0.717, 1.165) is 0 Å². The molecule has 0 aliphatic carbocycles. The number of carboxylic acid groups (broad SMARTS) is 3. The van der Waals surface area contributed by atoms with Crippen LogP contribution >= 0.6 is 0 Å². The van der Waals surface area contributed by atoms with Gasteiger partial charge in [-0.05, 0) is 38.7 Å². The lowest BCUT2D eigenvalue weighted by Crippen LogP contribution is -2.60. The molecule has 328 valence electrons. The number of carbonyl (C=O) groups excluding carboxylic acids is 6. The maximum atomic E-state index is 14.1. The quantitative estimate of drug-likeness (QED) is 0.0243. The monoisotopic (exact) mass is 844 g/mol. The second-order valence-corrected chi connectivity index (χ2v) is 13.6. The highest BCUT2D eigenvalue weighted by atomic mass is 16.4. The van der Waals surface area contributed by atoms with Crippen LogP contribution in [-0.4, -0.2) is 133 Å². The van der Waals surface area contributed by atoms with Crippen molar-refractivity contribution in [3.63, 3.8) is 0 Å². The molecule has 24 heteroatoms. The lowest BCUT2D eigenvalue weighted by molar-refractivity contribution is -0.142. The minimum Gasteiger partial charge on any atom is -0.481 e. The fourth-order valence-corrected chi connectivity index (χ4v) is 5.35. The first-order valence-electron chi connectivity index (χ1n) is 18.6. The van der Waals surface area contributed by atoms with Crippen LogP contribution in [0.2, 0.25) is 0 Å². The summed E-state index contributed by atoms with van der Waals surface area (Å²) in [5, 5.41) is 42.1. The average molecular weight is 845 g/mol. The van der Waals surface area contributed by atoms with Crippen LogP contribution in [0.25, 0.3) is 0 Å². The van der Waals surface area contributed by atoms with Crippen molar-refractivity contribution in [2.45, 2.75) is 101 Å². The molecule has 60 heavy (non-hydrogen) atoms. The Morgan fingerprint density at radius 3 is 1.77 bits per heavy atom. The number of aliphatic imine (C=N–C) groups is 1. The molecule has 0 saturated heterocycles. The Kier molecular flexibility index (Phi) is 20.1. The number of aromatic nitrogens is 2. The summed E-state index contributed by atoms with van der Waals surface area (Å²) in [6.45, 7) is 2.46. The number of carboxylic acids is 3. The number of guanidine groups is 1. The minimum absolute atomic E-state index is 0.0235. The number of hydrogen-bond acceptors (Lipinski definition) is 12. The van der Waals surface area contributed by atoms with Crippen molar-refractivity contribution in [3.8, 4) is 0 Å². The molecule has 2 aromatic rings. The molecular formula is C36H52N12O12. The highest BCUT2D eigenvalue weighted by Gasteiger charge is 2.33. The van der Waals surface area contributed by atoms with E-state index < -0.39 is 115 Å². The third-order valence-electron chi connectivity index (χ3n) is 8.60. The van der Waals surface area contributed by atoms with E-state index in [-0.39, 0.29) is 38.2 Å². The van der Waals surface area contributed by atoms with Gasteiger partial charge < -0.3 is 69.4 Å². The second kappa shape index (κ2) is 24.6. The standard InChI is InChI=1S/C36H52N12O12/c1-18(43-30(54)22(37)15-28(51)52)29(53)45-24(10-11-27(49)50)32(56)47-25(13-20-7-4-3-5-8-20)34(58)46-23(9-6-12-41-36(38)39)31(55)48-26(14-21-16-40-17-42-21)33(57)44-19(2)35(59)60/h3-5,7-8,16-19,22-26H,6,9-15,37H2,1-2H3,(H,40,42)(H,43,54)(H,44,57)(H,45,53)(H,46,58)(H,47,56)(H,48,55)(H,49,50)(H,51,52)(H,59,60)(H4,38,39,41)/t18-,19-,22-,23-,24-,25-,26-/m0/s1. The first-order chi connectivity index (χ1) is 28.3. The predicted molar refractivity (Wildman–Crippen MR) is 210 cm³/mol. The number of benzene rings is 1. The van der Waals surface area contributed by atoms with Crippen molar-refractivity contribution in [2.24, 2.45) is 22.2 Å². The van der Waals surface area contributed by atoms with E-state index in [1.165, 1.54) is 26.4 Å². The van der Waals surface area contributed by atoms with Crippen LogP contribution in [0.4, 0.5) is 0 Å². The van der Waals surface area contributed by atoms with E-state index in [9.17, 15) is 53.4 Å². The molecule has 0 spiro atoms. The number of rotatable bonds is 26. The maximum Gasteiger partial charge on any atom is 0.325 e. The van der Waals surface area contributed by atoms with Crippen LogP contribution in [0.5, 0.6) is 0 Å². The molecule has 0 fully saturated rings. The van der Waals surface area contributed by atoms with Gasteiger partial charge in [0.25, 0.3) is 0 Å². The van der Waals surface area contributed by atoms with Gasteiger partial charge in [0.15, 0.2) is 5.96 Å². The first-order valence-corrected chi connectivity index (χ1v) is 18.6. The molecule has 0 unspecified atom stereocenters. The molecule has 6 amide bonds. The van der Waals surface area contributed by atoms with Crippen LogP contribution in [0.3, 0.4) is 0 Å². The highest BCUT2D eigenvalue weighted by molar-refractivity contribution is 5.97. The van der Waals surface area contributed by atoms with Gasteiger partial charge in [-0.25, -0.2) is 4.98 Å². The van der Waals surface area contributed by atoms with Crippen LogP contribution in [0, 0.1) is 0 Å². The molecule has 24 nitrogen and oxygen atoms in total. The van der Waals surface area contributed by atoms with Gasteiger partial charge >= 0.3 is 17.9 Å². The van der Waals surface area contributed by atoms with Gasteiger partial charge in [-0.3, -0.25) is 48.1 Å². The molecule has 1 aromatic carbocycles. The lowest BCUT2D eigenvalue weighted by atomic mass is 10.0. The molecule has 0 radical (unpaired) electrons. The van der Waals surface area contributed by atoms with Crippen LogP contribution in [-0.2, 0) is 56.0 Å².